The number of hydrogen-bond acceptors (Lipinski definition) is 4. The Labute approximate surface area is 120 Å². The molecule has 5 heteroatoms. The monoisotopic (exact) mass is 295 g/mol. The highest BCUT2D eigenvalue weighted by Crippen LogP contribution is 2.31. The van der Waals surface area contributed by atoms with Crippen LogP contribution in [0.4, 0.5) is 0 Å². The van der Waals surface area contributed by atoms with Gasteiger partial charge in [-0.15, -0.1) is 0 Å². The van der Waals surface area contributed by atoms with Gasteiger partial charge in [-0.25, -0.2) is 8.42 Å². The van der Waals surface area contributed by atoms with Gasteiger partial charge in [0, 0.05) is 0 Å². The number of nitrogens with zero attached hydrogens (tertiary/aromatic N) is 1. The average Bonchev–Trinajstić information content (AvgIpc) is 2.85. The van der Waals surface area contributed by atoms with Crippen molar-refractivity contribution in [2.75, 3.05) is 0 Å². The third-order valence-corrected chi connectivity index (χ3v) is 5.37. The van der Waals surface area contributed by atoms with Gasteiger partial charge in [0.05, 0.1) is 10.8 Å². The van der Waals surface area contributed by atoms with Gasteiger partial charge < -0.3 is 4.84 Å². The molecule has 0 spiro atoms. The predicted molar refractivity (Wildman–Crippen MR) is 79.2 cm³/mol. The number of hydrogen-bond donors (Lipinski definition) is 0. The van der Waals surface area contributed by atoms with E-state index in [0.29, 0.717) is 4.90 Å². The van der Waals surface area contributed by atoms with Crippen molar-refractivity contribution >= 4 is 14.9 Å². The molecule has 0 fully saturated rings. The number of benzene rings is 1. The van der Waals surface area contributed by atoms with Crippen LogP contribution in [0, 0.1) is 5.92 Å². The Balaban J connectivity index is 2.31. The minimum Gasteiger partial charge on any atom is -0.391 e. The van der Waals surface area contributed by atoms with Crippen LogP contribution < -0.4 is 0 Å². The largest absolute Gasteiger partial charge is 0.391 e. The lowest BCUT2D eigenvalue weighted by Crippen LogP contribution is -2.28. The molecule has 1 heterocycles. The average molecular weight is 295 g/mol. The Hall–Kier alpha value is -1.36. The van der Waals surface area contributed by atoms with Gasteiger partial charge in [0.1, 0.15) is 6.10 Å². The van der Waals surface area contributed by atoms with Crippen molar-refractivity contribution in [1.82, 2.24) is 0 Å². The normalized spacial score (nSPS) is 22.4. The highest BCUT2D eigenvalue weighted by molar-refractivity contribution is 8.06. The summed E-state index contributed by atoms with van der Waals surface area (Å²) in [5, 5.41) is 4.11. The quantitative estimate of drug-likeness (QED) is 0.836. The lowest BCUT2D eigenvalue weighted by Gasteiger charge is -2.17. The van der Waals surface area contributed by atoms with Gasteiger partial charge in [-0.1, -0.05) is 50.0 Å². The number of sulfone groups is 1. The molecule has 0 aliphatic carbocycles. The van der Waals surface area contributed by atoms with Crippen LogP contribution in [0.2, 0.25) is 0 Å². The molecule has 1 aliphatic heterocycles. The van der Waals surface area contributed by atoms with E-state index in [-0.39, 0.29) is 17.1 Å². The zero-order valence-electron chi connectivity index (χ0n) is 12.0. The van der Waals surface area contributed by atoms with Crippen LogP contribution >= 0.6 is 0 Å². The first-order valence-electron chi connectivity index (χ1n) is 7.15. The molecule has 4 nitrogen and oxygen atoms in total. The molecule has 0 amide bonds. The lowest BCUT2D eigenvalue weighted by molar-refractivity contribution is 0.0529. The van der Waals surface area contributed by atoms with Gasteiger partial charge in [0.25, 0.3) is 0 Å². The fourth-order valence-electron chi connectivity index (χ4n) is 2.55. The molecule has 0 aromatic heterocycles. The Morgan fingerprint density at radius 1 is 1.10 bits per heavy atom. The molecule has 1 aromatic rings. The second-order valence-electron chi connectivity index (χ2n) is 5.07. The maximum atomic E-state index is 12.7. The molecule has 0 unspecified atom stereocenters. The van der Waals surface area contributed by atoms with Crippen LogP contribution in [0.15, 0.2) is 40.4 Å². The van der Waals surface area contributed by atoms with Gasteiger partial charge in [0.2, 0.25) is 9.84 Å². The topological polar surface area (TPSA) is 55.7 Å². The van der Waals surface area contributed by atoms with Crippen molar-refractivity contribution in [1.29, 1.82) is 0 Å². The molecule has 0 saturated carbocycles. The molecule has 0 radical (unpaired) electrons. The van der Waals surface area contributed by atoms with Crippen molar-refractivity contribution < 1.29 is 13.3 Å². The Morgan fingerprint density at radius 2 is 1.75 bits per heavy atom. The molecule has 1 aromatic carbocycles. The first-order valence-corrected chi connectivity index (χ1v) is 8.63. The molecule has 0 bridgehead atoms. The zero-order valence-corrected chi connectivity index (χ0v) is 12.8. The Bertz CT molecular complexity index is 566. The molecule has 0 saturated heterocycles. The fourth-order valence-corrected chi connectivity index (χ4v) is 4.11. The summed E-state index contributed by atoms with van der Waals surface area (Å²) in [5.41, 5.74) is 0. The second-order valence-corrected chi connectivity index (χ2v) is 6.97. The van der Waals surface area contributed by atoms with Crippen molar-refractivity contribution in [3.05, 3.63) is 30.3 Å². The third-order valence-electron chi connectivity index (χ3n) is 3.55. The Kier molecular flexibility index (Phi) is 4.81. The first-order chi connectivity index (χ1) is 9.61. The van der Waals surface area contributed by atoms with Crippen LogP contribution in [-0.4, -0.2) is 19.6 Å². The maximum Gasteiger partial charge on any atom is 0.223 e. The van der Waals surface area contributed by atoms with Crippen LogP contribution in [-0.2, 0) is 14.7 Å². The minimum atomic E-state index is -3.54. The van der Waals surface area contributed by atoms with Crippen LogP contribution in [0.1, 0.15) is 39.5 Å². The zero-order chi connectivity index (χ0) is 14.6. The summed E-state index contributed by atoms with van der Waals surface area (Å²) < 4.78 is 25.3. The fraction of sp³-hybridized carbons (Fsp3) is 0.533. The molecule has 20 heavy (non-hydrogen) atoms. The van der Waals surface area contributed by atoms with Crippen molar-refractivity contribution in [3.63, 3.8) is 0 Å². The number of oxime groups is 1. The molecule has 1 aliphatic rings. The van der Waals surface area contributed by atoms with E-state index in [1.807, 2.05) is 6.92 Å². The van der Waals surface area contributed by atoms with Gasteiger partial charge >= 0.3 is 0 Å². The van der Waals surface area contributed by atoms with E-state index in [1.54, 1.807) is 30.3 Å². The first kappa shape index (κ1) is 15.0. The van der Waals surface area contributed by atoms with E-state index in [1.165, 1.54) is 0 Å². The van der Waals surface area contributed by atoms with Crippen molar-refractivity contribution in [3.8, 4) is 0 Å². The van der Waals surface area contributed by atoms with Gasteiger partial charge in [-0.05, 0) is 25.0 Å². The van der Waals surface area contributed by atoms with Crippen LogP contribution in [0.3, 0.4) is 0 Å². The van der Waals surface area contributed by atoms with Crippen molar-refractivity contribution in [2.24, 2.45) is 11.1 Å². The standard InChI is InChI=1S/C15H21NO3S/c1-3-8-13-14(9-4-2)19-16-15(13)20(17,18)12-10-6-5-7-11-12/h5-7,10-11,13-14H,3-4,8-9H2,1-2H3/t13-,14-/m1/s1. The summed E-state index contributed by atoms with van der Waals surface area (Å²) in [4.78, 5) is 5.68. The van der Waals surface area contributed by atoms with Crippen LogP contribution in [0.25, 0.3) is 0 Å². The van der Waals surface area contributed by atoms with Gasteiger partial charge in [-0.2, -0.15) is 0 Å². The van der Waals surface area contributed by atoms with E-state index >= 15 is 0 Å². The Morgan fingerprint density at radius 3 is 2.35 bits per heavy atom. The van der Waals surface area contributed by atoms with E-state index < -0.39 is 9.84 Å². The summed E-state index contributed by atoms with van der Waals surface area (Å²) in [6.07, 6.45) is 3.39. The lowest BCUT2D eigenvalue weighted by atomic mass is 9.96. The third kappa shape index (κ3) is 2.87. The van der Waals surface area contributed by atoms with E-state index in [4.69, 9.17) is 4.84 Å². The number of rotatable bonds is 5. The predicted octanol–water partition coefficient (Wildman–Crippen LogP) is 3.39. The van der Waals surface area contributed by atoms with E-state index in [0.717, 1.165) is 25.7 Å². The smallest absolute Gasteiger partial charge is 0.223 e. The molecule has 110 valence electrons. The molecular weight excluding hydrogens is 274 g/mol. The van der Waals surface area contributed by atoms with E-state index in [2.05, 4.69) is 12.1 Å². The minimum absolute atomic E-state index is 0.103. The summed E-state index contributed by atoms with van der Waals surface area (Å²) in [5.74, 6) is -0.120. The molecule has 2 rings (SSSR count). The summed E-state index contributed by atoms with van der Waals surface area (Å²) in [7, 11) is -3.54. The van der Waals surface area contributed by atoms with Gasteiger partial charge in [0.15, 0.2) is 5.04 Å². The highest BCUT2D eigenvalue weighted by Gasteiger charge is 2.40. The van der Waals surface area contributed by atoms with Crippen molar-refractivity contribution in [2.45, 2.75) is 50.5 Å². The van der Waals surface area contributed by atoms with E-state index in [9.17, 15) is 8.42 Å². The molecule has 0 N–H and O–H groups in total. The SMILES string of the molecule is CCC[C@H]1ON=C(S(=O)(=O)c2ccccc2)[C@@H]1CCC. The maximum absolute atomic E-state index is 12.7. The summed E-state index contributed by atoms with van der Waals surface area (Å²) in [6.45, 7) is 4.12. The van der Waals surface area contributed by atoms with Gasteiger partial charge in [-0.3, -0.25) is 0 Å². The molecule has 2 atom stereocenters. The summed E-state index contributed by atoms with van der Waals surface area (Å²) >= 11 is 0. The second kappa shape index (κ2) is 6.39. The molecular formula is C15H21NO3S. The van der Waals surface area contributed by atoms with Crippen LogP contribution in [0.5, 0.6) is 0 Å². The summed E-state index contributed by atoms with van der Waals surface area (Å²) in [6, 6.07) is 8.46. The highest BCUT2D eigenvalue weighted by atomic mass is 32.2.